The molecule has 0 spiro atoms. The molecule has 0 aliphatic heterocycles. The number of aliphatic hydroxyl groups excluding tert-OH is 1. The molecule has 0 fully saturated rings. The predicted octanol–water partition coefficient (Wildman–Crippen LogP) is 0.974. The number of methoxy groups -OCH3 is 1. The fourth-order valence-corrected chi connectivity index (χ4v) is 1.81. The van der Waals surface area contributed by atoms with Crippen molar-refractivity contribution in [2.24, 2.45) is 5.73 Å². The summed E-state index contributed by atoms with van der Waals surface area (Å²) in [5, 5.41) is 13.2. The van der Waals surface area contributed by atoms with Gasteiger partial charge in [-0.15, -0.1) is 0 Å². The first kappa shape index (κ1) is 14.0. The van der Waals surface area contributed by atoms with Crippen LogP contribution in [0.25, 0.3) is 0 Å². The largest absolute Gasteiger partial charge is 0.497 e. The van der Waals surface area contributed by atoms with Crippen molar-refractivity contribution in [2.75, 3.05) is 20.7 Å². The summed E-state index contributed by atoms with van der Waals surface area (Å²) in [4.78, 5) is 0. The molecule has 4 nitrogen and oxygen atoms in total. The first-order valence-corrected chi connectivity index (χ1v) is 5.83. The molecular formula is C13H22N2O2. The van der Waals surface area contributed by atoms with Gasteiger partial charge in [0.2, 0.25) is 0 Å². The standard InChI is InChI=1S/C13H22N2O2/c1-9-8-10(17-3)4-5-11(9)13(16)12(14)6-7-15-2/h4-5,8,12-13,15-16H,6-7,14H2,1-3H3. The van der Waals surface area contributed by atoms with E-state index in [1.54, 1.807) is 7.11 Å². The first-order chi connectivity index (χ1) is 8.10. The van der Waals surface area contributed by atoms with Gasteiger partial charge in [-0.3, -0.25) is 0 Å². The molecule has 2 atom stereocenters. The minimum atomic E-state index is -0.630. The molecule has 0 saturated heterocycles. The van der Waals surface area contributed by atoms with Crippen LogP contribution in [-0.2, 0) is 0 Å². The molecule has 1 rings (SSSR count). The van der Waals surface area contributed by atoms with Crippen LogP contribution >= 0.6 is 0 Å². The molecule has 4 N–H and O–H groups in total. The molecule has 0 aromatic heterocycles. The molecule has 96 valence electrons. The fraction of sp³-hybridized carbons (Fsp3) is 0.538. The van der Waals surface area contributed by atoms with Gasteiger partial charge in [-0.1, -0.05) is 6.07 Å². The highest BCUT2D eigenvalue weighted by Crippen LogP contribution is 2.24. The molecule has 0 bridgehead atoms. The maximum atomic E-state index is 10.2. The Labute approximate surface area is 103 Å². The Morgan fingerprint density at radius 3 is 2.71 bits per heavy atom. The molecule has 4 heteroatoms. The highest BCUT2D eigenvalue weighted by atomic mass is 16.5. The van der Waals surface area contributed by atoms with E-state index in [-0.39, 0.29) is 6.04 Å². The molecule has 1 aromatic carbocycles. The summed E-state index contributed by atoms with van der Waals surface area (Å²) in [6.07, 6.45) is 0.109. The minimum Gasteiger partial charge on any atom is -0.497 e. The van der Waals surface area contributed by atoms with Gasteiger partial charge in [-0.2, -0.15) is 0 Å². The minimum absolute atomic E-state index is 0.255. The molecule has 2 unspecified atom stereocenters. The van der Waals surface area contributed by atoms with Gasteiger partial charge >= 0.3 is 0 Å². The zero-order valence-corrected chi connectivity index (χ0v) is 10.7. The lowest BCUT2D eigenvalue weighted by molar-refractivity contribution is 0.141. The second kappa shape index (κ2) is 6.59. The van der Waals surface area contributed by atoms with Crippen LogP contribution in [0.5, 0.6) is 5.75 Å². The van der Waals surface area contributed by atoms with Crippen molar-refractivity contribution in [1.29, 1.82) is 0 Å². The third kappa shape index (κ3) is 3.70. The maximum absolute atomic E-state index is 10.2. The summed E-state index contributed by atoms with van der Waals surface area (Å²) in [5.41, 5.74) is 7.82. The molecule has 17 heavy (non-hydrogen) atoms. The van der Waals surface area contributed by atoms with Crippen molar-refractivity contribution >= 4 is 0 Å². The highest BCUT2D eigenvalue weighted by molar-refractivity contribution is 5.36. The Morgan fingerprint density at radius 2 is 2.18 bits per heavy atom. The SMILES string of the molecule is CNCCC(N)C(O)c1ccc(OC)cc1C. The van der Waals surface area contributed by atoms with E-state index in [0.29, 0.717) is 0 Å². The summed E-state index contributed by atoms with van der Waals surface area (Å²) in [6, 6.07) is 5.37. The Kier molecular flexibility index (Phi) is 5.41. The van der Waals surface area contributed by atoms with Crippen molar-refractivity contribution < 1.29 is 9.84 Å². The van der Waals surface area contributed by atoms with Gasteiger partial charge in [0.05, 0.1) is 13.2 Å². The van der Waals surface area contributed by atoms with E-state index in [1.807, 2.05) is 32.2 Å². The van der Waals surface area contributed by atoms with Crippen LogP contribution < -0.4 is 15.8 Å². The van der Waals surface area contributed by atoms with E-state index in [1.165, 1.54) is 0 Å². The lowest BCUT2D eigenvalue weighted by atomic mass is 9.96. The van der Waals surface area contributed by atoms with Gasteiger partial charge in [0.25, 0.3) is 0 Å². The van der Waals surface area contributed by atoms with E-state index in [2.05, 4.69) is 5.32 Å². The van der Waals surface area contributed by atoms with Crippen LogP contribution in [0.1, 0.15) is 23.7 Å². The van der Waals surface area contributed by atoms with Gasteiger partial charge < -0.3 is 20.9 Å². The van der Waals surface area contributed by atoms with E-state index in [0.717, 1.165) is 29.8 Å². The maximum Gasteiger partial charge on any atom is 0.119 e. The Bertz CT molecular complexity index is 355. The van der Waals surface area contributed by atoms with Crippen molar-refractivity contribution in [2.45, 2.75) is 25.5 Å². The molecular weight excluding hydrogens is 216 g/mol. The predicted molar refractivity (Wildman–Crippen MR) is 69.2 cm³/mol. The van der Waals surface area contributed by atoms with Crippen molar-refractivity contribution in [1.82, 2.24) is 5.32 Å². The van der Waals surface area contributed by atoms with Crippen molar-refractivity contribution in [3.63, 3.8) is 0 Å². The Hall–Kier alpha value is -1.10. The number of ether oxygens (including phenoxy) is 1. The second-order valence-corrected chi connectivity index (χ2v) is 4.22. The topological polar surface area (TPSA) is 67.5 Å². The number of hydrogen-bond donors (Lipinski definition) is 3. The number of rotatable bonds is 6. The Balaban J connectivity index is 2.77. The van der Waals surface area contributed by atoms with Crippen molar-refractivity contribution in [3.8, 4) is 5.75 Å². The summed E-state index contributed by atoms with van der Waals surface area (Å²) >= 11 is 0. The van der Waals surface area contributed by atoms with Gasteiger partial charge in [0, 0.05) is 6.04 Å². The summed E-state index contributed by atoms with van der Waals surface area (Å²) in [6.45, 7) is 2.75. The number of hydrogen-bond acceptors (Lipinski definition) is 4. The third-order valence-electron chi connectivity index (χ3n) is 2.93. The highest BCUT2D eigenvalue weighted by Gasteiger charge is 2.18. The molecule has 0 radical (unpaired) electrons. The number of nitrogens with two attached hydrogens (primary N) is 1. The van der Waals surface area contributed by atoms with E-state index in [9.17, 15) is 5.11 Å². The zero-order valence-electron chi connectivity index (χ0n) is 10.7. The zero-order chi connectivity index (χ0) is 12.8. The van der Waals surface area contributed by atoms with Gasteiger partial charge in [0.1, 0.15) is 5.75 Å². The molecule has 0 aliphatic rings. The molecule has 1 aromatic rings. The van der Waals surface area contributed by atoms with E-state index < -0.39 is 6.10 Å². The van der Waals surface area contributed by atoms with Gasteiger partial charge in [-0.05, 0) is 50.2 Å². The van der Waals surface area contributed by atoms with Crippen LogP contribution in [-0.4, -0.2) is 31.9 Å². The number of aliphatic hydroxyl groups is 1. The normalized spacial score (nSPS) is 14.4. The lowest BCUT2D eigenvalue weighted by Gasteiger charge is -2.21. The van der Waals surface area contributed by atoms with Gasteiger partial charge in [-0.25, -0.2) is 0 Å². The lowest BCUT2D eigenvalue weighted by Crippen LogP contribution is -2.31. The number of nitrogens with one attached hydrogen (secondary N) is 1. The first-order valence-electron chi connectivity index (χ1n) is 5.83. The second-order valence-electron chi connectivity index (χ2n) is 4.22. The smallest absolute Gasteiger partial charge is 0.119 e. The Morgan fingerprint density at radius 1 is 1.47 bits per heavy atom. The molecule has 0 heterocycles. The summed E-state index contributed by atoms with van der Waals surface area (Å²) in [7, 11) is 3.50. The van der Waals surface area contributed by atoms with Crippen molar-refractivity contribution in [3.05, 3.63) is 29.3 Å². The summed E-state index contributed by atoms with van der Waals surface area (Å²) in [5.74, 6) is 0.794. The number of aryl methyl sites for hydroxylation is 1. The average molecular weight is 238 g/mol. The number of benzene rings is 1. The fourth-order valence-electron chi connectivity index (χ4n) is 1.81. The molecule has 0 saturated carbocycles. The molecule has 0 aliphatic carbocycles. The van der Waals surface area contributed by atoms with Crippen LogP contribution in [0.3, 0.4) is 0 Å². The third-order valence-corrected chi connectivity index (χ3v) is 2.93. The van der Waals surface area contributed by atoms with Crippen LogP contribution in [0, 0.1) is 6.92 Å². The van der Waals surface area contributed by atoms with Crippen LogP contribution in [0.4, 0.5) is 0 Å². The van der Waals surface area contributed by atoms with E-state index >= 15 is 0 Å². The molecule has 0 amide bonds. The van der Waals surface area contributed by atoms with Gasteiger partial charge in [0.15, 0.2) is 0 Å². The quantitative estimate of drug-likeness (QED) is 0.691. The monoisotopic (exact) mass is 238 g/mol. The van der Waals surface area contributed by atoms with E-state index in [4.69, 9.17) is 10.5 Å². The van der Waals surface area contributed by atoms with Crippen LogP contribution in [0.2, 0.25) is 0 Å². The average Bonchev–Trinajstić information content (AvgIpc) is 2.34. The summed E-state index contributed by atoms with van der Waals surface area (Å²) < 4.78 is 5.13. The van der Waals surface area contributed by atoms with Crippen LogP contribution in [0.15, 0.2) is 18.2 Å².